The number of rotatable bonds is 4. The molecule has 0 aliphatic carbocycles. The first-order valence-electron chi connectivity index (χ1n) is 6.42. The van der Waals surface area contributed by atoms with Crippen molar-refractivity contribution in [3.05, 3.63) is 52.8 Å². The van der Waals surface area contributed by atoms with E-state index in [9.17, 15) is 0 Å². The van der Waals surface area contributed by atoms with Crippen molar-refractivity contribution >= 4 is 0 Å². The molecule has 0 spiro atoms. The van der Waals surface area contributed by atoms with Crippen LogP contribution in [0.3, 0.4) is 0 Å². The average molecular weight is 243 g/mol. The van der Waals surface area contributed by atoms with Gasteiger partial charge in [-0.2, -0.15) is 5.10 Å². The minimum Gasteiger partial charge on any atom is -0.305 e. The normalized spacial score (nSPS) is 12.7. The zero-order valence-corrected chi connectivity index (χ0v) is 11.6. The van der Waals surface area contributed by atoms with Gasteiger partial charge in [-0.3, -0.25) is 4.68 Å². The molecule has 0 saturated carbocycles. The Balaban J connectivity index is 2.39. The van der Waals surface area contributed by atoms with Crippen molar-refractivity contribution in [1.82, 2.24) is 15.1 Å². The van der Waals surface area contributed by atoms with Gasteiger partial charge in [-0.1, -0.05) is 36.8 Å². The molecule has 96 valence electrons. The molecule has 2 rings (SSSR count). The van der Waals surface area contributed by atoms with E-state index in [2.05, 4.69) is 54.6 Å². The van der Waals surface area contributed by atoms with Crippen molar-refractivity contribution in [3.63, 3.8) is 0 Å². The summed E-state index contributed by atoms with van der Waals surface area (Å²) < 4.78 is 1.96. The topological polar surface area (TPSA) is 29.9 Å². The largest absolute Gasteiger partial charge is 0.305 e. The lowest BCUT2D eigenvalue weighted by atomic mass is 10.0. The fraction of sp³-hybridized carbons (Fsp3) is 0.400. The van der Waals surface area contributed by atoms with Crippen LogP contribution in [0.2, 0.25) is 0 Å². The smallest absolute Gasteiger partial charge is 0.0748 e. The first-order valence-corrected chi connectivity index (χ1v) is 6.42. The summed E-state index contributed by atoms with van der Waals surface area (Å²) in [6, 6.07) is 11.0. The zero-order chi connectivity index (χ0) is 13.1. The fourth-order valence-electron chi connectivity index (χ4n) is 2.26. The van der Waals surface area contributed by atoms with Crippen LogP contribution in [0.1, 0.15) is 35.5 Å². The van der Waals surface area contributed by atoms with E-state index in [4.69, 9.17) is 0 Å². The summed E-state index contributed by atoms with van der Waals surface area (Å²) in [6.07, 6.45) is 0. The minimum atomic E-state index is 0.210. The van der Waals surface area contributed by atoms with E-state index in [0.717, 1.165) is 12.2 Å². The number of aromatic nitrogens is 2. The molecule has 0 amide bonds. The quantitative estimate of drug-likeness (QED) is 0.895. The highest BCUT2D eigenvalue weighted by Gasteiger charge is 2.16. The van der Waals surface area contributed by atoms with Gasteiger partial charge in [0.2, 0.25) is 0 Å². The van der Waals surface area contributed by atoms with Gasteiger partial charge in [0.15, 0.2) is 0 Å². The molecule has 18 heavy (non-hydrogen) atoms. The van der Waals surface area contributed by atoms with E-state index in [1.54, 1.807) is 0 Å². The molecule has 1 aromatic heterocycles. The fourth-order valence-corrected chi connectivity index (χ4v) is 2.26. The van der Waals surface area contributed by atoms with Gasteiger partial charge in [0.25, 0.3) is 0 Å². The molecule has 0 aliphatic heterocycles. The number of nitrogens with zero attached hydrogens (tertiary/aromatic N) is 2. The Bertz CT molecular complexity index is 511. The van der Waals surface area contributed by atoms with E-state index in [1.165, 1.54) is 16.8 Å². The first-order chi connectivity index (χ1) is 8.61. The lowest BCUT2D eigenvalue weighted by molar-refractivity contribution is 0.572. The van der Waals surface area contributed by atoms with Gasteiger partial charge in [0, 0.05) is 7.05 Å². The maximum Gasteiger partial charge on any atom is 0.0748 e. The van der Waals surface area contributed by atoms with E-state index >= 15 is 0 Å². The van der Waals surface area contributed by atoms with E-state index in [0.29, 0.717) is 0 Å². The second-order valence-electron chi connectivity index (χ2n) is 4.74. The Kier molecular flexibility index (Phi) is 3.82. The highest BCUT2D eigenvalue weighted by atomic mass is 15.3. The Morgan fingerprint density at radius 2 is 1.89 bits per heavy atom. The minimum absolute atomic E-state index is 0.210. The van der Waals surface area contributed by atoms with Crippen molar-refractivity contribution in [3.8, 4) is 0 Å². The zero-order valence-electron chi connectivity index (χ0n) is 11.6. The molecule has 0 fully saturated rings. The molecular formula is C15H21N3. The lowest BCUT2D eigenvalue weighted by Crippen LogP contribution is -2.24. The molecule has 1 heterocycles. The molecule has 3 heteroatoms. The van der Waals surface area contributed by atoms with Crippen LogP contribution in [0, 0.1) is 13.8 Å². The van der Waals surface area contributed by atoms with Crippen molar-refractivity contribution in [2.24, 2.45) is 7.05 Å². The number of hydrogen-bond donors (Lipinski definition) is 1. The maximum absolute atomic E-state index is 4.43. The molecule has 0 radical (unpaired) electrons. The molecule has 1 atom stereocenters. The molecule has 0 bridgehead atoms. The van der Waals surface area contributed by atoms with Crippen LogP contribution in [0.4, 0.5) is 0 Å². The second kappa shape index (κ2) is 5.36. The summed E-state index contributed by atoms with van der Waals surface area (Å²) in [5.74, 6) is 0. The van der Waals surface area contributed by atoms with Crippen LogP contribution in [0.5, 0.6) is 0 Å². The molecule has 1 aromatic carbocycles. The summed E-state index contributed by atoms with van der Waals surface area (Å²) in [4.78, 5) is 0. The van der Waals surface area contributed by atoms with E-state index in [-0.39, 0.29) is 6.04 Å². The summed E-state index contributed by atoms with van der Waals surface area (Å²) in [7, 11) is 2.00. The van der Waals surface area contributed by atoms with Crippen LogP contribution in [-0.2, 0) is 7.05 Å². The van der Waals surface area contributed by atoms with Crippen LogP contribution in [0.15, 0.2) is 30.3 Å². The van der Waals surface area contributed by atoms with Crippen molar-refractivity contribution in [2.45, 2.75) is 26.8 Å². The van der Waals surface area contributed by atoms with Crippen LogP contribution < -0.4 is 5.32 Å². The second-order valence-corrected chi connectivity index (χ2v) is 4.74. The average Bonchev–Trinajstić information content (AvgIpc) is 2.67. The van der Waals surface area contributed by atoms with Crippen LogP contribution in [-0.4, -0.2) is 16.3 Å². The SMILES string of the molecule is CCNC(c1ccc(C)cc1)c1cc(C)nn1C. The molecule has 0 saturated heterocycles. The number of hydrogen-bond acceptors (Lipinski definition) is 2. The third-order valence-corrected chi connectivity index (χ3v) is 3.15. The molecular weight excluding hydrogens is 222 g/mol. The third kappa shape index (κ3) is 2.62. The monoisotopic (exact) mass is 243 g/mol. The predicted molar refractivity (Wildman–Crippen MR) is 74.6 cm³/mol. The van der Waals surface area contributed by atoms with Crippen molar-refractivity contribution < 1.29 is 0 Å². The van der Waals surface area contributed by atoms with Gasteiger partial charge in [0.05, 0.1) is 17.4 Å². The summed E-state index contributed by atoms with van der Waals surface area (Å²) in [5.41, 5.74) is 4.83. The van der Waals surface area contributed by atoms with Crippen molar-refractivity contribution in [2.75, 3.05) is 6.54 Å². The van der Waals surface area contributed by atoms with Gasteiger partial charge in [-0.05, 0) is 32.0 Å². The van der Waals surface area contributed by atoms with E-state index in [1.807, 2.05) is 18.7 Å². The van der Waals surface area contributed by atoms with Gasteiger partial charge in [-0.25, -0.2) is 0 Å². The highest BCUT2D eigenvalue weighted by Crippen LogP contribution is 2.22. The van der Waals surface area contributed by atoms with Gasteiger partial charge < -0.3 is 5.32 Å². The Labute approximate surface area is 109 Å². The standard InChI is InChI=1S/C15H21N3/c1-5-16-15(13-8-6-11(2)7-9-13)14-10-12(3)17-18(14)4/h6-10,15-16H,5H2,1-4H3. The summed E-state index contributed by atoms with van der Waals surface area (Å²) >= 11 is 0. The third-order valence-electron chi connectivity index (χ3n) is 3.15. The van der Waals surface area contributed by atoms with Crippen LogP contribution in [0.25, 0.3) is 0 Å². The lowest BCUT2D eigenvalue weighted by Gasteiger charge is -2.18. The molecule has 2 aromatic rings. The Hall–Kier alpha value is -1.61. The number of aryl methyl sites for hydroxylation is 3. The molecule has 3 nitrogen and oxygen atoms in total. The van der Waals surface area contributed by atoms with Crippen molar-refractivity contribution in [1.29, 1.82) is 0 Å². The van der Waals surface area contributed by atoms with E-state index < -0.39 is 0 Å². The summed E-state index contributed by atoms with van der Waals surface area (Å²) in [6.45, 7) is 7.20. The molecule has 0 aliphatic rings. The summed E-state index contributed by atoms with van der Waals surface area (Å²) in [5, 5.41) is 7.96. The van der Waals surface area contributed by atoms with Gasteiger partial charge in [-0.15, -0.1) is 0 Å². The number of benzene rings is 1. The van der Waals surface area contributed by atoms with Crippen LogP contribution >= 0.6 is 0 Å². The first kappa shape index (κ1) is 12.8. The molecule has 1 unspecified atom stereocenters. The van der Waals surface area contributed by atoms with Gasteiger partial charge in [0.1, 0.15) is 0 Å². The highest BCUT2D eigenvalue weighted by molar-refractivity contribution is 5.31. The molecule has 1 N–H and O–H groups in total. The predicted octanol–water partition coefficient (Wildman–Crippen LogP) is 2.74. The van der Waals surface area contributed by atoms with Gasteiger partial charge >= 0.3 is 0 Å². The number of nitrogens with one attached hydrogen (secondary N) is 1. The Morgan fingerprint density at radius 1 is 1.22 bits per heavy atom. The Morgan fingerprint density at radius 3 is 2.39 bits per heavy atom. The maximum atomic E-state index is 4.43.